The number of amides is 1. The molecule has 1 unspecified atom stereocenters. The van der Waals surface area contributed by atoms with Gasteiger partial charge in [-0.3, -0.25) is 4.79 Å². The SMILES string of the molecule is CCCOc1ccc(-c2noc(C3CCC(=O)N3Cc3ccc(C)cc3C)n2)cc1. The molecule has 1 saturated heterocycles. The highest BCUT2D eigenvalue weighted by atomic mass is 16.5. The maximum absolute atomic E-state index is 12.6. The van der Waals surface area contributed by atoms with Crippen LogP contribution < -0.4 is 4.74 Å². The Morgan fingerprint density at radius 1 is 1.17 bits per heavy atom. The average molecular weight is 405 g/mol. The Morgan fingerprint density at radius 3 is 2.70 bits per heavy atom. The van der Waals surface area contributed by atoms with E-state index < -0.39 is 0 Å². The Balaban J connectivity index is 1.52. The normalized spacial score (nSPS) is 16.3. The molecule has 6 nitrogen and oxygen atoms in total. The molecule has 1 atom stereocenters. The van der Waals surface area contributed by atoms with Gasteiger partial charge in [0.25, 0.3) is 0 Å². The molecule has 1 aromatic heterocycles. The highest BCUT2D eigenvalue weighted by Crippen LogP contribution is 2.34. The molecule has 0 aliphatic carbocycles. The van der Waals surface area contributed by atoms with Crippen molar-refractivity contribution in [1.29, 1.82) is 0 Å². The second-order valence-corrected chi connectivity index (χ2v) is 7.84. The van der Waals surface area contributed by atoms with E-state index in [1.165, 1.54) is 11.1 Å². The number of nitrogens with zero attached hydrogens (tertiary/aromatic N) is 3. The summed E-state index contributed by atoms with van der Waals surface area (Å²) >= 11 is 0. The molecule has 4 rings (SSSR count). The number of hydrogen-bond donors (Lipinski definition) is 0. The lowest BCUT2D eigenvalue weighted by Gasteiger charge is -2.23. The van der Waals surface area contributed by atoms with Gasteiger partial charge >= 0.3 is 0 Å². The lowest BCUT2D eigenvalue weighted by atomic mass is 10.0. The van der Waals surface area contributed by atoms with Gasteiger partial charge in [-0.05, 0) is 62.1 Å². The first-order valence-electron chi connectivity index (χ1n) is 10.5. The first-order valence-corrected chi connectivity index (χ1v) is 10.5. The van der Waals surface area contributed by atoms with E-state index in [9.17, 15) is 4.79 Å². The van der Waals surface area contributed by atoms with Crippen LogP contribution >= 0.6 is 0 Å². The van der Waals surface area contributed by atoms with Gasteiger partial charge in [-0.25, -0.2) is 0 Å². The monoisotopic (exact) mass is 405 g/mol. The summed E-state index contributed by atoms with van der Waals surface area (Å²) in [4.78, 5) is 19.0. The minimum Gasteiger partial charge on any atom is -0.494 e. The van der Waals surface area contributed by atoms with Crippen molar-refractivity contribution in [2.45, 2.75) is 52.6 Å². The summed E-state index contributed by atoms with van der Waals surface area (Å²) in [5.74, 6) is 1.97. The molecule has 3 aromatic rings. The van der Waals surface area contributed by atoms with Crippen molar-refractivity contribution >= 4 is 5.91 Å². The van der Waals surface area contributed by atoms with Crippen molar-refractivity contribution < 1.29 is 14.1 Å². The fraction of sp³-hybridized carbons (Fsp3) is 0.375. The van der Waals surface area contributed by atoms with Gasteiger partial charge in [0.1, 0.15) is 11.8 Å². The zero-order valence-corrected chi connectivity index (χ0v) is 17.7. The molecule has 1 fully saturated rings. The van der Waals surface area contributed by atoms with Crippen LogP contribution in [0.3, 0.4) is 0 Å². The van der Waals surface area contributed by atoms with Crippen LogP contribution in [0.5, 0.6) is 5.75 Å². The smallest absolute Gasteiger partial charge is 0.249 e. The maximum Gasteiger partial charge on any atom is 0.249 e. The third kappa shape index (κ3) is 4.22. The van der Waals surface area contributed by atoms with E-state index in [0.29, 0.717) is 37.7 Å². The number of benzene rings is 2. The Bertz CT molecular complexity index is 1030. The van der Waals surface area contributed by atoms with E-state index in [1.54, 1.807) is 0 Å². The predicted octanol–water partition coefficient (Wildman–Crippen LogP) is 5.01. The summed E-state index contributed by atoms with van der Waals surface area (Å²) in [5.41, 5.74) is 4.40. The van der Waals surface area contributed by atoms with E-state index in [0.717, 1.165) is 23.3 Å². The van der Waals surface area contributed by atoms with E-state index in [2.05, 4.69) is 49.1 Å². The van der Waals surface area contributed by atoms with Crippen LogP contribution in [0, 0.1) is 13.8 Å². The van der Waals surface area contributed by atoms with Crippen LogP contribution in [0.1, 0.15) is 54.8 Å². The topological polar surface area (TPSA) is 68.5 Å². The highest BCUT2D eigenvalue weighted by Gasteiger charge is 2.36. The van der Waals surface area contributed by atoms with Crippen LogP contribution in [-0.4, -0.2) is 27.6 Å². The first-order chi connectivity index (χ1) is 14.5. The minimum atomic E-state index is -0.188. The third-order valence-corrected chi connectivity index (χ3v) is 5.48. The molecule has 156 valence electrons. The molecule has 1 aliphatic heterocycles. The molecule has 6 heteroatoms. The molecule has 0 radical (unpaired) electrons. The molecule has 0 bridgehead atoms. The van der Waals surface area contributed by atoms with Gasteiger partial charge in [0.2, 0.25) is 17.6 Å². The molecule has 0 spiro atoms. The van der Waals surface area contributed by atoms with Crippen molar-refractivity contribution in [2.24, 2.45) is 0 Å². The van der Waals surface area contributed by atoms with E-state index in [1.807, 2.05) is 29.2 Å². The summed E-state index contributed by atoms with van der Waals surface area (Å²) in [6, 6.07) is 13.8. The molecule has 1 amide bonds. The number of aromatic nitrogens is 2. The van der Waals surface area contributed by atoms with E-state index in [-0.39, 0.29) is 11.9 Å². The number of carbonyl (C=O) groups excluding carboxylic acids is 1. The van der Waals surface area contributed by atoms with Crippen LogP contribution in [0.25, 0.3) is 11.4 Å². The average Bonchev–Trinajstić information content (AvgIpc) is 3.36. The predicted molar refractivity (Wildman–Crippen MR) is 114 cm³/mol. The lowest BCUT2D eigenvalue weighted by molar-refractivity contribution is -0.130. The van der Waals surface area contributed by atoms with Gasteiger partial charge in [-0.2, -0.15) is 4.98 Å². The Morgan fingerprint density at radius 2 is 1.97 bits per heavy atom. The number of hydrogen-bond acceptors (Lipinski definition) is 5. The zero-order chi connectivity index (χ0) is 21.1. The van der Waals surface area contributed by atoms with Gasteiger partial charge in [-0.1, -0.05) is 35.8 Å². The maximum atomic E-state index is 12.6. The fourth-order valence-corrected chi connectivity index (χ4v) is 3.80. The number of ether oxygens (including phenoxy) is 1. The van der Waals surface area contributed by atoms with Gasteiger partial charge < -0.3 is 14.2 Å². The van der Waals surface area contributed by atoms with Crippen LogP contribution in [0.2, 0.25) is 0 Å². The quantitative estimate of drug-likeness (QED) is 0.553. The van der Waals surface area contributed by atoms with Crippen molar-refractivity contribution in [3.63, 3.8) is 0 Å². The summed E-state index contributed by atoms with van der Waals surface area (Å²) in [5, 5.41) is 4.15. The number of aryl methyl sites for hydroxylation is 2. The van der Waals surface area contributed by atoms with Gasteiger partial charge in [0, 0.05) is 18.5 Å². The summed E-state index contributed by atoms with van der Waals surface area (Å²) < 4.78 is 11.2. The molecule has 1 aliphatic rings. The lowest BCUT2D eigenvalue weighted by Crippen LogP contribution is -2.27. The summed E-state index contributed by atoms with van der Waals surface area (Å²) in [6.07, 6.45) is 2.15. The fourth-order valence-electron chi connectivity index (χ4n) is 3.80. The molecule has 2 heterocycles. The standard InChI is InChI=1S/C24H27N3O3/c1-4-13-29-20-9-7-18(8-10-20)23-25-24(30-26-23)21-11-12-22(28)27(21)15-19-6-5-16(2)14-17(19)3/h5-10,14,21H,4,11-13,15H2,1-3H3. The van der Waals surface area contributed by atoms with Crippen LogP contribution in [0.15, 0.2) is 47.0 Å². The van der Waals surface area contributed by atoms with Crippen molar-refractivity contribution in [2.75, 3.05) is 6.61 Å². The van der Waals surface area contributed by atoms with Crippen molar-refractivity contribution in [3.8, 4) is 17.1 Å². The highest BCUT2D eigenvalue weighted by molar-refractivity contribution is 5.79. The van der Waals surface area contributed by atoms with Crippen LogP contribution in [-0.2, 0) is 11.3 Å². The Kier molecular flexibility index (Phi) is 5.84. The third-order valence-electron chi connectivity index (χ3n) is 5.48. The molecular formula is C24H27N3O3. The molecule has 2 aromatic carbocycles. The minimum absolute atomic E-state index is 0.122. The van der Waals surface area contributed by atoms with Gasteiger partial charge in [0.05, 0.1) is 6.61 Å². The second kappa shape index (κ2) is 8.69. The zero-order valence-electron chi connectivity index (χ0n) is 17.7. The van der Waals surface area contributed by atoms with Gasteiger partial charge in [0.15, 0.2) is 0 Å². The van der Waals surface area contributed by atoms with E-state index in [4.69, 9.17) is 9.26 Å². The molecule has 30 heavy (non-hydrogen) atoms. The number of likely N-dealkylation sites (tertiary alicyclic amines) is 1. The number of rotatable bonds is 7. The Hall–Kier alpha value is -3.15. The van der Waals surface area contributed by atoms with Crippen molar-refractivity contribution in [1.82, 2.24) is 15.0 Å². The molecule has 0 N–H and O–H groups in total. The molecular weight excluding hydrogens is 378 g/mol. The summed E-state index contributed by atoms with van der Waals surface area (Å²) in [7, 11) is 0. The summed E-state index contributed by atoms with van der Waals surface area (Å²) in [6.45, 7) is 7.47. The van der Waals surface area contributed by atoms with Crippen molar-refractivity contribution in [3.05, 3.63) is 65.0 Å². The number of carbonyl (C=O) groups is 1. The van der Waals surface area contributed by atoms with Crippen LogP contribution in [0.4, 0.5) is 0 Å². The largest absolute Gasteiger partial charge is 0.494 e. The first kappa shape index (κ1) is 20.1. The van der Waals surface area contributed by atoms with E-state index >= 15 is 0 Å². The van der Waals surface area contributed by atoms with Gasteiger partial charge in [-0.15, -0.1) is 0 Å². The second-order valence-electron chi connectivity index (χ2n) is 7.84. The molecule has 0 saturated carbocycles. The Labute approximate surface area is 176 Å².